The summed E-state index contributed by atoms with van der Waals surface area (Å²) >= 11 is 0.939. The predicted octanol–water partition coefficient (Wildman–Crippen LogP) is 5.38. The quantitative estimate of drug-likeness (QED) is 0.151. The lowest BCUT2D eigenvalue weighted by molar-refractivity contribution is -0.132. The molecule has 0 saturated carbocycles. The van der Waals surface area contributed by atoms with Crippen LogP contribution in [0.1, 0.15) is 65.3 Å². The Morgan fingerprint density at radius 1 is 1.14 bits per heavy atom. The van der Waals surface area contributed by atoms with E-state index in [2.05, 4.69) is 4.98 Å². The average molecular weight is 593 g/mol. The van der Waals surface area contributed by atoms with Crippen molar-refractivity contribution in [1.29, 1.82) is 0 Å². The third kappa shape index (κ3) is 5.20. The topological polar surface area (TPSA) is 124 Å². The second-order valence-electron chi connectivity index (χ2n) is 10.0. The van der Waals surface area contributed by atoms with Gasteiger partial charge in [-0.1, -0.05) is 24.3 Å². The fraction of sp³-hybridized carbons (Fsp3) is 0.355. The number of hydrogen-bond acceptors (Lipinski definition) is 10. The Balaban J connectivity index is 1.69. The van der Waals surface area contributed by atoms with E-state index in [1.807, 2.05) is 20.8 Å². The zero-order valence-corrected chi connectivity index (χ0v) is 24.9. The summed E-state index contributed by atoms with van der Waals surface area (Å²) in [6.45, 7) is 8.25. The highest BCUT2D eigenvalue weighted by atomic mass is 32.1. The first-order valence-corrected chi connectivity index (χ1v) is 14.6. The van der Waals surface area contributed by atoms with Gasteiger partial charge in [-0.25, -0.2) is 9.78 Å². The second-order valence-corrected chi connectivity index (χ2v) is 11.0. The normalized spacial score (nSPS) is 19.0. The minimum atomic E-state index is -1.07. The number of nitrogens with zero attached hydrogens (tertiary/aromatic N) is 2. The SMILES string of the molecule is CCCOc1ccc([C@@H]2/C(=C(\O)c3ccc4c(c3)C[C@@H](C)O4)C(=O)C(=O)N2c2nc(C)c(C(=O)OC)s2)cc1OCC. The first-order valence-electron chi connectivity index (χ1n) is 13.7. The number of Topliss-reactive ketones (excluding diaryl/α,β-unsaturated/α-hetero) is 1. The van der Waals surface area contributed by atoms with Gasteiger partial charge in [0.05, 0.1) is 37.6 Å². The minimum absolute atomic E-state index is 0.00875. The molecule has 0 unspecified atom stereocenters. The Morgan fingerprint density at radius 2 is 1.93 bits per heavy atom. The van der Waals surface area contributed by atoms with Gasteiger partial charge in [0, 0.05) is 12.0 Å². The van der Waals surface area contributed by atoms with Crippen LogP contribution in [-0.2, 0) is 20.7 Å². The third-order valence-electron chi connectivity index (χ3n) is 7.02. The second kappa shape index (κ2) is 11.8. The number of aryl methyl sites for hydroxylation is 1. The van der Waals surface area contributed by atoms with Gasteiger partial charge in [0.25, 0.3) is 5.78 Å². The number of methoxy groups -OCH3 is 1. The predicted molar refractivity (Wildman–Crippen MR) is 157 cm³/mol. The van der Waals surface area contributed by atoms with Gasteiger partial charge >= 0.3 is 11.9 Å². The van der Waals surface area contributed by atoms with Crippen molar-refractivity contribution in [2.45, 2.75) is 52.7 Å². The maximum Gasteiger partial charge on any atom is 0.350 e. The molecule has 1 N–H and O–H groups in total. The lowest BCUT2D eigenvalue weighted by Gasteiger charge is -2.24. The fourth-order valence-corrected chi connectivity index (χ4v) is 6.14. The zero-order valence-electron chi connectivity index (χ0n) is 24.1. The molecule has 3 aromatic rings. The van der Waals surface area contributed by atoms with E-state index in [0.29, 0.717) is 53.7 Å². The summed E-state index contributed by atoms with van der Waals surface area (Å²) in [6, 6.07) is 9.26. The fourth-order valence-electron chi connectivity index (χ4n) is 5.13. The highest BCUT2D eigenvalue weighted by Crippen LogP contribution is 2.46. The number of aromatic nitrogens is 1. The number of esters is 1. The molecule has 1 aromatic heterocycles. The van der Waals surface area contributed by atoms with Crippen LogP contribution >= 0.6 is 11.3 Å². The number of ether oxygens (including phenoxy) is 4. The molecule has 1 fully saturated rings. The molecule has 5 rings (SSSR count). The van der Waals surface area contributed by atoms with Crippen molar-refractivity contribution in [2.24, 2.45) is 0 Å². The molecule has 3 heterocycles. The van der Waals surface area contributed by atoms with Crippen molar-refractivity contribution in [2.75, 3.05) is 25.2 Å². The molecule has 0 radical (unpaired) electrons. The van der Waals surface area contributed by atoms with Gasteiger partial charge in [0.2, 0.25) is 0 Å². The molecular weight excluding hydrogens is 560 g/mol. The van der Waals surface area contributed by atoms with Gasteiger partial charge in [-0.15, -0.1) is 0 Å². The summed E-state index contributed by atoms with van der Waals surface area (Å²) in [7, 11) is 1.26. The van der Waals surface area contributed by atoms with Gasteiger partial charge in [-0.2, -0.15) is 0 Å². The number of amides is 1. The summed E-state index contributed by atoms with van der Waals surface area (Å²) in [5.41, 5.74) is 2.02. The van der Waals surface area contributed by atoms with Crippen molar-refractivity contribution < 1.29 is 38.4 Å². The number of benzene rings is 2. The van der Waals surface area contributed by atoms with Crippen LogP contribution in [-0.4, -0.2) is 54.2 Å². The van der Waals surface area contributed by atoms with Crippen molar-refractivity contribution in [3.8, 4) is 17.2 Å². The van der Waals surface area contributed by atoms with E-state index in [0.717, 1.165) is 23.3 Å². The van der Waals surface area contributed by atoms with E-state index >= 15 is 0 Å². The first-order chi connectivity index (χ1) is 20.2. The molecule has 0 aliphatic carbocycles. The standard InChI is InChI=1S/C31H32N2O8S/c1-6-12-40-22-11-8-18(15-23(22)39-7-2)25-24(26(34)19-9-10-21-20(14-19)13-16(3)41-21)27(35)29(36)33(25)31-32-17(4)28(42-31)30(37)38-5/h8-11,14-16,25,34H,6-7,12-13H2,1-5H3/b26-24+/t16-,25-/m1/s1. The molecule has 2 aliphatic heterocycles. The smallest absolute Gasteiger partial charge is 0.350 e. The molecule has 10 nitrogen and oxygen atoms in total. The van der Waals surface area contributed by atoms with Crippen LogP contribution in [0.25, 0.3) is 5.76 Å². The summed E-state index contributed by atoms with van der Waals surface area (Å²) in [5, 5.41) is 11.7. The van der Waals surface area contributed by atoms with Gasteiger partial charge in [0.15, 0.2) is 16.6 Å². The number of hydrogen-bond donors (Lipinski definition) is 1. The highest BCUT2D eigenvalue weighted by molar-refractivity contribution is 7.17. The van der Waals surface area contributed by atoms with E-state index < -0.39 is 23.7 Å². The van der Waals surface area contributed by atoms with Crippen LogP contribution < -0.4 is 19.1 Å². The van der Waals surface area contributed by atoms with E-state index in [1.165, 1.54) is 12.0 Å². The van der Waals surface area contributed by atoms with E-state index in [1.54, 1.807) is 43.3 Å². The number of aliphatic hydroxyl groups excluding tert-OH is 1. The van der Waals surface area contributed by atoms with Gasteiger partial charge in [0.1, 0.15) is 22.5 Å². The Labute approximate surface area is 247 Å². The third-order valence-corrected chi connectivity index (χ3v) is 8.16. The van der Waals surface area contributed by atoms with Crippen LogP contribution in [0.3, 0.4) is 0 Å². The molecule has 2 atom stereocenters. The molecular formula is C31H32N2O8S. The largest absolute Gasteiger partial charge is 0.507 e. The van der Waals surface area contributed by atoms with Gasteiger partial charge in [-0.05, 0) is 68.7 Å². The summed E-state index contributed by atoms with van der Waals surface area (Å²) in [4.78, 5) is 45.6. The average Bonchev–Trinajstić information content (AvgIpc) is 3.63. The number of rotatable bonds is 9. The van der Waals surface area contributed by atoms with Crippen LogP contribution in [0.15, 0.2) is 42.0 Å². The molecule has 11 heteroatoms. The zero-order chi connectivity index (χ0) is 30.1. The van der Waals surface area contributed by atoms with Crippen molar-refractivity contribution >= 4 is 39.9 Å². The monoisotopic (exact) mass is 592 g/mol. The molecule has 0 spiro atoms. The number of carbonyl (C=O) groups is 3. The Kier molecular flexibility index (Phi) is 8.22. The van der Waals surface area contributed by atoms with Crippen LogP contribution in [0.4, 0.5) is 5.13 Å². The molecule has 2 aliphatic rings. The van der Waals surface area contributed by atoms with Gasteiger partial charge < -0.3 is 24.1 Å². The van der Waals surface area contributed by atoms with Crippen LogP contribution in [0.5, 0.6) is 17.2 Å². The Morgan fingerprint density at radius 3 is 2.64 bits per heavy atom. The maximum absolute atomic E-state index is 13.7. The molecule has 1 amide bonds. The van der Waals surface area contributed by atoms with Gasteiger partial charge in [-0.3, -0.25) is 14.5 Å². The Bertz CT molecular complexity index is 1590. The highest BCUT2D eigenvalue weighted by Gasteiger charge is 2.48. The number of aliphatic hydroxyl groups is 1. The summed E-state index contributed by atoms with van der Waals surface area (Å²) in [5.74, 6) is -1.01. The summed E-state index contributed by atoms with van der Waals surface area (Å²) < 4.78 is 22.4. The number of fused-ring (bicyclic) bond motifs is 1. The van der Waals surface area contributed by atoms with Crippen LogP contribution in [0, 0.1) is 6.92 Å². The molecule has 220 valence electrons. The minimum Gasteiger partial charge on any atom is -0.507 e. The molecule has 1 saturated heterocycles. The number of carbonyl (C=O) groups excluding carboxylic acids is 3. The lowest BCUT2D eigenvalue weighted by Crippen LogP contribution is -2.29. The van der Waals surface area contributed by atoms with Crippen LogP contribution in [0.2, 0.25) is 0 Å². The molecule has 42 heavy (non-hydrogen) atoms. The molecule has 0 bridgehead atoms. The van der Waals surface area contributed by atoms with Crippen molar-refractivity contribution in [1.82, 2.24) is 4.98 Å². The Hall–Kier alpha value is -4.38. The maximum atomic E-state index is 13.7. The number of ketones is 1. The molecule has 2 aromatic carbocycles. The van der Waals surface area contributed by atoms with E-state index in [-0.39, 0.29) is 27.4 Å². The number of anilines is 1. The van der Waals surface area contributed by atoms with E-state index in [4.69, 9.17) is 18.9 Å². The number of thiazole rings is 1. The first kappa shape index (κ1) is 29.1. The van der Waals surface area contributed by atoms with Crippen molar-refractivity contribution in [3.05, 3.63) is 69.2 Å². The lowest BCUT2D eigenvalue weighted by atomic mass is 9.94. The van der Waals surface area contributed by atoms with Crippen molar-refractivity contribution in [3.63, 3.8) is 0 Å². The van der Waals surface area contributed by atoms with E-state index in [9.17, 15) is 19.5 Å². The summed E-state index contributed by atoms with van der Waals surface area (Å²) in [6.07, 6.45) is 1.44.